The maximum atomic E-state index is 12.3. The van der Waals surface area contributed by atoms with Crippen molar-refractivity contribution in [3.63, 3.8) is 0 Å². The lowest BCUT2D eigenvalue weighted by molar-refractivity contribution is -0.118. The normalized spacial score (nSPS) is 13.8. The maximum Gasteiger partial charge on any atom is 0.230 e. The highest BCUT2D eigenvalue weighted by atomic mass is 16.5. The van der Waals surface area contributed by atoms with Gasteiger partial charge in [-0.25, -0.2) is 0 Å². The molecule has 124 valence electrons. The third-order valence-electron chi connectivity index (χ3n) is 4.12. The van der Waals surface area contributed by atoms with E-state index in [1.54, 1.807) is 11.9 Å². The molecule has 1 aliphatic rings. The number of nitrogens with zero attached hydrogens (tertiary/aromatic N) is 1. The van der Waals surface area contributed by atoms with E-state index in [4.69, 9.17) is 4.74 Å². The minimum Gasteiger partial charge on any atom is -0.491 e. The van der Waals surface area contributed by atoms with E-state index < -0.39 is 0 Å². The van der Waals surface area contributed by atoms with E-state index in [9.17, 15) is 9.59 Å². The third-order valence-corrected chi connectivity index (χ3v) is 4.12. The van der Waals surface area contributed by atoms with E-state index in [1.165, 1.54) is 0 Å². The molecule has 5 nitrogen and oxygen atoms in total. The molecule has 3 rings (SSSR count). The van der Waals surface area contributed by atoms with Gasteiger partial charge in [-0.3, -0.25) is 9.59 Å². The van der Waals surface area contributed by atoms with E-state index >= 15 is 0 Å². The lowest BCUT2D eigenvalue weighted by Gasteiger charge is -2.17. The SMILES string of the molecule is Cc1ccccc1NC(=O)Cc1ccc2c(c1)N(C)C(=O)CCO2. The highest BCUT2D eigenvalue weighted by molar-refractivity contribution is 5.96. The zero-order valence-electron chi connectivity index (χ0n) is 13.8. The number of benzene rings is 2. The summed E-state index contributed by atoms with van der Waals surface area (Å²) in [7, 11) is 1.73. The molecule has 0 unspecified atom stereocenters. The van der Waals surface area contributed by atoms with Gasteiger partial charge in [0.05, 0.1) is 25.1 Å². The summed E-state index contributed by atoms with van der Waals surface area (Å²) in [6.45, 7) is 2.33. The van der Waals surface area contributed by atoms with Crippen LogP contribution in [0.25, 0.3) is 0 Å². The second-order valence-corrected chi connectivity index (χ2v) is 5.89. The molecule has 24 heavy (non-hydrogen) atoms. The molecule has 0 saturated carbocycles. The fraction of sp³-hybridized carbons (Fsp3) is 0.263. The summed E-state index contributed by atoms with van der Waals surface area (Å²) in [6.07, 6.45) is 0.595. The van der Waals surface area contributed by atoms with Crippen molar-refractivity contribution in [3.8, 4) is 5.75 Å². The third kappa shape index (κ3) is 3.40. The Kier molecular flexibility index (Phi) is 4.51. The number of hydrogen-bond donors (Lipinski definition) is 1. The molecule has 0 atom stereocenters. The van der Waals surface area contributed by atoms with Crippen LogP contribution in [0, 0.1) is 6.92 Å². The first-order valence-electron chi connectivity index (χ1n) is 7.92. The number of ether oxygens (including phenoxy) is 1. The van der Waals surface area contributed by atoms with E-state index in [0.29, 0.717) is 24.5 Å². The predicted octanol–water partition coefficient (Wildman–Crippen LogP) is 2.92. The lowest BCUT2D eigenvalue weighted by Crippen LogP contribution is -2.25. The number of fused-ring (bicyclic) bond motifs is 1. The molecule has 2 aromatic carbocycles. The van der Waals surface area contributed by atoms with Crippen molar-refractivity contribution in [1.29, 1.82) is 0 Å². The number of nitrogens with one attached hydrogen (secondary N) is 1. The van der Waals surface area contributed by atoms with Crippen molar-refractivity contribution in [1.82, 2.24) is 0 Å². The summed E-state index contributed by atoms with van der Waals surface area (Å²) in [6, 6.07) is 13.2. The molecule has 1 aliphatic heterocycles. The molecule has 2 amide bonds. The van der Waals surface area contributed by atoms with Gasteiger partial charge in [0.15, 0.2) is 0 Å². The van der Waals surface area contributed by atoms with Gasteiger partial charge in [0.2, 0.25) is 11.8 Å². The van der Waals surface area contributed by atoms with Gasteiger partial charge in [-0.15, -0.1) is 0 Å². The number of carbonyl (C=O) groups excluding carboxylic acids is 2. The van der Waals surface area contributed by atoms with Crippen molar-refractivity contribution in [2.24, 2.45) is 0 Å². The van der Waals surface area contributed by atoms with Crippen molar-refractivity contribution < 1.29 is 14.3 Å². The monoisotopic (exact) mass is 324 g/mol. The zero-order chi connectivity index (χ0) is 17.1. The maximum absolute atomic E-state index is 12.3. The average Bonchev–Trinajstić information content (AvgIpc) is 2.70. The van der Waals surface area contributed by atoms with Crippen LogP contribution in [0.5, 0.6) is 5.75 Å². The molecule has 0 saturated heterocycles. The molecule has 0 bridgehead atoms. The minimum absolute atomic E-state index is 0.00950. The van der Waals surface area contributed by atoms with Gasteiger partial charge in [-0.1, -0.05) is 24.3 Å². The first kappa shape index (κ1) is 16.1. The van der Waals surface area contributed by atoms with Crippen molar-refractivity contribution in [2.45, 2.75) is 19.8 Å². The molecule has 0 spiro atoms. The topological polar surface area (TPSA) is 58.6 Å². The van der Waals surface area contributed by atoms with Gasteiger partial charge >= 0.3 is 0 Å². The molecule has 1 heterocycles. The Hall–Kier alpha value is -2.82. The highest BCUT2D eigenvalue weighted by Crippen LogP contribution is 2.31. The second kappa shape index (κ2) is 6.74. The number of para-hydroxylation sites is 1. The van der Waals surface area contributed by atoms with Gasteiger partial charge < -0.3 is 15.0 Å². The van der Waals surface area contributed by atoms with Crippen LogP contribution in [0.1, 0.15) is 17.5 Å². The molecule has 0 aliphatic carbocycles. The number of hydrogen-bond acceptors (Lipinski definition) is 3. The molecule has 5 heteroatoms. The molecule has 2 aromatic rings. The van der Waals surface area contributed by atoms with E-state index in [1.807, 2.05) is 49.4 Å². The van der Waals surface area contributed by atoms with Crippen LogP contribution in [0.2, 0.25) is 0 Å². The standard InChI is InChI=1S/C19H20N2O3/c1-13-5-3-4-6-15(13)20-18(22)12-14-7-8-17-16(11-14)21(2)19(23)9-10-24-17/h3-8,11H,9-10,12H2,1-2H3,(H,20,22). The average molecular weight is 324 g/mol. The Labute approximate surface area is 141 Å². The molecule has 0 fully saturated rings. The summed E-state index contributed by atoms with van der Waals surface area (Å²) in [5.41, 5.74) is 3.38. The molecule has 1 N–H and O–H groups in total. The largest absolute Gasteiger partial charge is 0.491 e. The van der Waals surface area contributed by atoms with Gasteiger partial charge in [-0.2, -0.15) is 0 Å². The Bertz CT molecular complexity index is 786. The predicted molar refractivity (Wildman–Crippen MR) is 93.5 cm³/mol. The summed E-state index contributed by atoms with van der Waals surface area (Å²) in [5.74, 6) is 0.592. The summed E-state index contributed by atoms with van der Waals surface area (Å²) in [5, 5.41) is 2.92. The number of aryl methyl sites for hydroxylation is 1. The van der Waals surface area contributed by atoms with Crippen LogP contribution >= 0.6 is 0 Å². The molecule has 0 aromatic heterocycles. The minimum atomic E-state index is -0.0900. The first-order chi connectivity index (χ1) is 11.5. The lowest BCUT2D eigenvalue weighted by atomic mass is 10.1. The summed E-state index contributed by atoms with van der Waals surface area (Å²) < 4.78 is 5.60. The van der Waals surface area contributed by atoms with Crippen LogP contribution < -0.4 is 15.0 Å². The van der Waals surface area contributed by atoms with Gasteiger partial charge in [0, 0.05) is 12.7 Å². The smallest absolute Gasteiger partial charge is 0.230 e. The van der Waals surface area contributed by atoms with E-state index in [0.717, 1.165) is 16.8 Å². The van der Waals surface area contributed by atoms with E-state index in [2.05, 4.69) is 5.32 Å². The molecular formula is C19H20N2O3. The summed E-state index contributed by atoms with van der Waals surface area (Å²) >= 11 is 0. The summed E-state index contributed by atoms with van der Waals surface area (Å²) in [4.78, 5) is 25.8. The van der Waals surface area contributed by atoms with Gasteiger partial charge in [0.1, 0.15) is 5.75 Å². The Morgan fingerprint density at radius 2 is 2.04 bits per heavy atom. The van der Waals surface area contributed by atoms with Crippen LogP contribution in [0.15, 0.2) is 42.5 Å². The van der Waals surface area contributed by atoms with Crippen LogP contribution in [0.3, 0.4) is 0 Å². The molecular weight excluding hydrogens is 304 g/mol. The Balaban J connectivity index is 1.76. The number of carbonyl (C=O) groups is 2. The van der Waals surface area contributed by atoms with Gasteiger partial charge in [0.25, 0.3) is 0 Å². The van der Waals surface area contributed by atoms with Crippen molar-refractivity contribution in [3.05, 3.63) is 53.6 Å². The van der Waals surface area contributed by atoms with E-state index in [-0.39, 0.29) is 18.2 Å². The first-order valence-corrected chi connectivity index (χ1v) is 7.92. The Morgan fingerprint density at radius 3 is 2.83 bits per heavy atom. The zero-order valence-corrected chi connectivity index (χ0v) is 13.8. The highest BCUT2D eigenvalue weighted by Gasteiger charge is 2.20. The number of amides is 2. The molecule has 0 radical (unpaired) electrons. The van der Waals surface area contributed by atoms with Crippen LogP contribution in [-0.2, 0) is 16.0 Å². The fourth-order valence-electron chi connectivity index (χ4n) is 2.70. The number of anilines is 2. The van der Waals surface area contributed by atoms with Crippen LogP contribution in [0.4, 0.5) is 11.4 Å². The number of rotatable bonds is 3. The fourth-order valence-corrected chi connectivity index (χ4v) is 2.70. The van der Waals surface area contributed by atoms with Crippen LogP contribution in [-0.4, -0.2) is 25.5 Å². The quantitative estimate of drug-likeness (QED) is 0.944. The van der Waals surface area contributed by atoms with Crippen molar-refractivity contribution in [2.75, 3.05) is 23.9 Å². The second-order valence-electron chi connectivity index (χ2n) is 5.89. The van der Waals surface area contributed by atoms with Crippen molar-refractivity contribution >= 4 is 23.2 Å². The Morgan fingerprint density at radius 1 is 1.25 bits per heavy atom. The van der Waals surface area contributed by atoms with Gasteiger partial charge in [-0.05, 0) is 36.2 Å².